The molecule has 0 heterocycles. The molecule has 4 heteroatoms. The lowest BCUT2D eigenvalue weighted by atomic mass is 10.1. The summed E-state index contributed by atoms with van der Waals surface area (Å²) in [5.74, 6) is 0.785. The first-order valence-corrected chi connectivity index (χ1v) is 6.60. The molecule has 0 saturated carbocycles. The highest BCUT2D eigenvalue weighted by Gasteiger charge is 2.12. The first-order chi connectivity index (χ1) is 7.54. The van der Waals surface area contributed by atoms with E-state index >= 15 is 0 Å². The minimum Gasteiger partial charge on any atom is -0.308 e. The molecule has 0 aromatic heterocycles. The Morgan fingerprint density at radius 1 is 1.44 bits per heavy atom. The Balaban J connectivity index is 2.63. The molecule has 0 spiro atoms. The van der Waals surface area contributed by atoms with Crippen LogP contribution in [-0.4, -0.2) is 11.9 Å². The number of alkyl halides is 1. The Morgan fingerprint density at radius 3 is 2.69 bits per heavy atom. The third-order valence-corrected chi connectivity index (χ3v) is 3.36. The lowest BCUT2D eigenvalue weighted by Crippen LogP contribution is -2.35. The Hall–Kier alpha value is -0.120. The predicted octanol–water partition coefficient (Wildman–Crippen LogP) is 3.94. The standard InChI is InChI=1S/C12H16BrClFN/c1-8(2)12(6-14)16-7-9-5-10(13)3-4-11(9)15/h3-5,8,12,16H,6-7H2,1-2H3. The van der Waals surface area contributed by atoms with E-state index < -0.39 is 0 Å². The molecule has 0 amide bonds. The third-order valence-electron chi connectivity index (χ3n) is 2.53. The fourth-order valence-corrected chi connectivity index (χ4v) is 2.26. The molecule has 0 bridgehead atoms. The largest absolute Gasteiger partial charge is 0.308 e. The van der Waals surface area contributed by atoms with E-state index in [-0.39, 0.29) is 11.9 Å². The molecule has 90 valence electrons. The Labute approximate surface area is 110 Å². The number of halogens is 3. The molecule has 16 heavy (non-hydrogen) atoms. The summed E-state index contributed by atoms with van der Waals surface area (Å²) in [6, 6.07) is 5.15. The molecule has 0 saturated heterocycles. The van der Waals surface area contributed by atoms with Crippen LogP contribution in [0.1, 0.15) is 19.4 Å². The van der Waals surface area contributed by atoms with E-state index in [9.17, 15) is 4.39 Å². The zero-order valence-corrected chi connectivity index (χ0v) is 11.8. The van der Waals surface area contributed by atoms with Crippen molar-refractivity contribution < 1.29 is 4.39 Å². The average molecular weight is 309 g/mol. The maximum absolute atomic E-state index is 13.4. The molecule has 1 N–H and O–H groups in total. The smallest absolute Gasteiger partial charge is 0.127 e. The SMILES string of the molecule is CC(C)C(CCl)NCc1cc(Br)ccc1F. The molecule has 1 unspecified atom stereocenters. The van der Waals surface area contributed by atoms with Gasteiger partial charge < -0.3 is 5.32 Å². The summed E-state index contributed by atoms with van der Waals surface area (Å²) in [7, 11) is 0. The van der Waals surface area contributed by atoms with Gasteiger partial charge in [-0.25, -0.2) is 4.39 Å². The molecule has 0 aliphatic rings. The molecular formula is C12H16BrClFN. The molecule has 0 fully saturated rings. The molecule has 1 aromatic carbocycles. The van der Waals surface area contributed by atoms with Crippen LogP contribution in [0.2, 0.25) is 0 Å². The summed E-state index contributed by atoms with van der Waals surface area (Å²) in [4.78, 5) is 0. The van der Waals surface area contributed by atoms with Crippen LogP contribution in [-0.2, 0) is 6.54 Å². The molecule has 1 atom stereocenters. The number of hydrogen-bond acceptors (Lipinski definition) is 1. The van der Waals surface area contributed by atoms with Crippen molar-refractivity contribution in [2.45, 2.75) is 26.4 Å². The molecule has 1 aromatic rings. The van der Waals surface area contributed by atoms with Gasteiger partial charge in [-0.15, -0.1) is 11.6 Å². The van der Waals surface area contributed by atoms with Crippen molar-refractivity contribution in [3.8, 4) is 0 Å². The van der Waals surface area contributed by atoms with Crippen LogP contribution in [0.3, 0.4) is 0 Å². The highest BCUT2D eigenvalue weighted by Crippen LogP contribution is 2.16. The number of rotatable bonds is 5. The van der Waals surface area contributed by atoms with Crippen LogP contribution in [0.5, 0.6) is 0 Å². The van der Waals surface area contributed by atoms with Gasteiger partial charge in [0.15, 0.2) is 0 Å². The normalized spacial score (nSPS) is 13.1. The van der Waals surface area contributed by atoms with E-state index in [2.05, 4.69) is 35.1 Å². The lowest BCUT2D eigenvalue weighted by Gasteiger charge is -2.20. The van der Waals surface area contributed by atoms with Crippen molar-refractivity contribution in [2.75, 3.05) is 5.88 Å². The first kappa shape index (κ1) is 13.9. The van der Waals surface area contributed by atoms with E-state index in [4.69, 9.17) is 11.6 Å². The molecule has 0 aliphatic heterocycles. The van der Waals surface area contributed by atoms with Crippen molar-refractivity contribution in [1.82, 2.24) is 5.32 Å². The van der Waals surface area contributed by atoms with Crippen LogP contribution < -0.4 is 5.32 Å². The summed E-state index contributed by atoms with van der Waals surface area (Å²) in [6.07, 6.45) is 0. The Kier molecular flexibility index (Phi) is 5.73. The van der Waals surface area contributed by atoms with Gasteiger partial charge in [0.2, 0.25) is 0 Å². The van der Waals surface area contributed by atoms with E-state index in [0.717, 1.165) is 4.47 Å². The van der Waals surface area contributed by atoms with Gasteiger partial charge >= 0.3 is 0 Å². The summed E-state index contributed by atoms with van der Waals surface area (Å²) in [5, 5.41) is 3.26. The van der Waals surface area contributed by atoms with E-state index in [1.54, 1.807) is 12.1 Å². The topological polar surface area (TPSA) is 12.0 Å². The van der Waals surface area contributed by atoms with Crippen molar-refractivity contribution in [3.05, 3.63) is 34.1 Å². The van der Waals surface area contributed by atoms with Crippen LogP contribution in [0.25, 0.3) is 0 Å². The Morgan fingerprint density at radius 2 is 2.12 bits per heavy atom. The highest BCUT2D eigenvalue weighted by molar-refractivity contribution is 9.10. The fourth-order valence-electron chi connectivity index (χ4n) is 1.39. The van der Waals surface area contributed by atoms with Crippen LogP contribution in [0, 0.1) is 11.7 Å². The lowest BCUT2D eigenvalue weighted by molar-refractivity contribution is 0.425. The summed E-state index contributed by atoms with van der Waals surface area (Å²) in [6.45, 7) is 4.69. The second kappa shape index (κ2) is 6.58. The number of benzene rings is 1. The molecular weight excluding hydrogens is 292 g/mol. The van der Waals surface area contributed by atoms with Gasteiger partial charge in [-0.2, -0.15) is 0 Å². The van der Waals surface area contributed by atoms with Crippen molar-refractivity contribution >= 4 is 27.5 Å². The highest BCUT2D eigenvalue weighted by atomic mass is 79.9. The monoisotopic (exact) mass is 307 g/mol. The maximum atomic E-state index is 13.4. The summed E-state index contributed by atoms with van der Waals surface area (Å²) < 4.78 is 14.3. The molecule has 1 nitrogen and oxygen atoms in total. The van der Waals surface area contributed by atoms with Gasteiger partial charge in [-0.1, -0.05) is 29.8 Å². The first-order valence-electron chi connectivity index (χ1n) is 5.28. The van der Waals surface area contributed by atoms with Gasteiger partial charge in [-0.3, -0.25) is 0 Å². The zero-order chi connectivity index (χ0) is 12.1. The predicted molar refractivity (Wildman–Crippen MR) is 70.3 cm³/mol. The second-order valence-corrected chi connectivity index (χ2v) is 5.35. The minimum absolute atomic E-state index is 0.187. The Bertz CT molecular complexity index is 344. The van der Waals surface area contributed by atoms with Crippen molar-refractivity contribution in [1.29, 1.82) is 0 Å². The van der Waals surface area contributed by atoms with Gasteiger partial charge in [-0.05, 0) is 24.1 Å². The van der Waals surface area contributed by atoms with E-state index in [1.165, 1.54) is 6.07 Å². The fraction of sp³-hybridized carbons (Fsp3) is 0.500. The van der Waals surface area contributed by atoms with Crippen molar-refractivity contribution in [3.63, 3.8) is 0 Å². The third kappa shape index (κ3) is 4.04. The molecule has 0 radical (unpaired) electrons. The molecule has 1 rings (SSSR count). The van der Waals surface area contributed by atoms with Gasteiger partial charge in [0.05, 0.1) is 0 Å². The van der Waals surface area contributed by atoms with Gasteiger partial charge in [0, 0.05) is 28.5 Å². The van der Waals surface area contributed by atoms with Crippen LogP contribution in [0.15, 0.2) is 22.7 Å². The van der Waals surface area contributed by atoms with Crippen LogP contribution in [0.4, 0.5) is 4.39 Å². The summed E-state index contributed by atoms with van der Waals surface area (Å²) in [5.41, 5.74) is 0.658. The summed E-state index contributed by atoms with van der Waals surface area (Å²) >= 11 is 9.16. The molecule has 0 aliphatic carbocycles. The quantitative estimate of drug-likeness (QED) is 0.812. The van der Waals surface area contributed by atoms with Crippen LogP contribution >= 0.6 is 27.5 Å². The van der Waals surface area contributed by atoms with Crippen molar-refractivity contribution in [2.24, 2.45) is 5.92 Å². The maximum Gasteiger partial charge on any atom is 0.127 e. The zero-order valence-electron chi connectivity index (χ0n) is 9.43. The van der Waals surface area contributed by atoms with Gasteiger partial charge in [0.1, 0.15) is 5.82 Å². The minimum atomic E-state index is -0.187. The number of hydrogen-bond donors (Lipinski definition) is 1. The van der Waals surface area contributed by atoms with E-state index in [1.807, 2.05) is 0 Å². The second-order valence-electron chi connectivity index (χ2n) is 4.12. The van der Waals surface area contributed by atoms with E-state index in [0.29, 0.717) is 23.9 Å². The number of nitrogens with one attached hydrogen (secondary N) is 1. The average Bonchev–Trinajstić information content (AvgIpc) is 2.23. The van der Waals surface area contributed by atoms with Gasteiger partial charge in [0.25, 0.3) is 0 Å².